The molecule has 122 valence electrons. The summed E-state index contributed by atoms with van der Waals surface area (Å²) in [6.45, 7) is 4.75. The number of carbonyl (C=O) groups excluding carboxylic acids is 2. The highest BCUT2D eigenvalue weighted by Crippen LogP contribution is 2.18. The van der Waals surface area contributed by atoms with Crippen LogP contribution in [0.1, 0.15) is 20.8 Å². The van der Waals surface area contributed by atoms with Crippen molar-refractivity contribution in [1.29, 1.82) is 0 Å². The van der Waals surface area contributed by atoms with Crippen LogP contribution in [0.25, 0.3) is 0 Å². The van der Waals surface area contributed by atoms with Crippen molar-refractivity contribution in [3.05, 3.63) is 51.7 Å². The van der Waals surface area contributed by atoms with E-state index in [1.165, 1.54) is 16.9 Å². The SMILES string of the molecule is Cc1ccc(OCCNC(=O)CNC(=O)c2cccs2)c(C)c1. The van der Waals surface area contributed by atoms with Crippen molar-refractivity contribution in [3.63, 3.8) is 0 Å². The summed E-state index contributed by atoms with van der Waals surface area (Å²) in [6, 6.07) is 9.47. The lowest BCUT2D eigenvalue weighted by Crippen LogP contribution is -2.38. The molecule has 0 atom stereocenters. The fourth-order valence-corrected chi connectivity index (χ4v) is 2.67. The van der Waals surface area contributed by atoms with E-state index >= 15 is 0 Å². The third-order valence-corrected chi connectivity index (χ3v) is 4.04. The molecule has 0 saturated carbocycles. The van der Waals surface area contributed by atoms with E-state index in [0.29, 0.717) is 18.0 Å². The van der Waals surface area contributed by atoms with E-state index in [2.05, 4.69) is 10.6 Å². The van der Waals surface area contributed by atoms with Crippen molar-refractivity contribution in [2.45, 2.75) is 13.8 Å². The second kappa shape index (κ2) is 8.33. The molecule has 0 fully saturated rings. The van der Waals surface area contributed by atoms with Crippen molar-refractivity contribution in [3.8, 4) is 5.75 Å². The molecule has 0 spiro atoms. The summed E-state index contributed by atoms with van der Waals surface area (Å²) < 4.78 is 5.63. The van der Waals surface area contributed by atoms with Crippen LogP contribution in [0.15, 0.2) is 35.7 Å². The molecule has 2 N–H and O–H groups in total. The molecule has 0 aliphatic rings. The van der Waals surface area contributed by atoms with Crippen LogP contribution < -0.4 is 15.4 Å². The summed E-state index contributed by atoms with van der Waals surface area (Å²) in [5, 5.41) is 7.11. The van der Waals surface area contributed by atoms with Gasteiger partial charge in [-0.3, -0.25) is 9.59 Å². The van der Waals surface area contributed by atoms with Gasteiger partial charge in [-0.05, 0) is 36.9 Å². The van der Waals surface area contributed by atoms with Crippen LogP contribution in [0.3, 0.4) is 0 Å². The monoisotopic (exact) mass is 332 g/mol. The molecule has 2 amide bonds. The zero-order valence-corrected chi connectivity index (χ0v) is 14.0. The van der Waals surface area contributed by atoms with Crippen molar-refractivity contribution in [2.24, 2.45) is 0 Å². The molecule has 6 heteroatoms. The molecule has 0 unspecified atom stereocenters. The Morgan fingerprint density at radius 1 is 1.17 bits per heavy atom. The summed E-state index contributed by atoms with van der Waals surface area (Å²) in [5.41, 5.74) is 2.25. The van der Waals surface area contributed by atoms with Gasteiger partial charge in [0, 0.05) is 0 Å². The number of benzene rings is 1. The largest absolute Gasteiger partial charge is 0.491 e. The summed E-state index contributed by atoms with van der Waals surface area (Å²) in [5.74, 6) is 0.344. The van der Waals surface area contributed by atoms with E-state index in [1.807, 2.05) is 37.4 Å². The Hall–Kier alpha value is -2.34. The number of thiophene rings is 1. The summed E-state index contributed by atoms with van der Waals surface area (Å²) >= 11 is 1.34. The lowest BCUT2D eigenvalue weighted by atomic mass is 10.1. The number of rotatable bonds is 7. The van der Waals surface area contributed by atoms with Crippen LogP contribution in [0.5, 0.6) is 5.75 Å². The molecule has 0 aliphatic heterocycles. The third-order valence-electron chi connectivity index (χ3n) is 3.17. The normalized spacial score (nSPS) is 10.2. The van der Waals surface area contributed by atoms with E-state index in [0.717, 1.165) is 11.3 Å². The Bertz CT molecular complexity index is 668. The molecular formula is C17H20N2O3S. The van der Waals surface area contributed by atoms with Gasteiger partial charge >= 0.3 is 0 Å². The topological polar surface area (TPSA) is 67.4 Å². The zero-order chi connectivity index (χ0) is 16.7. The van der Waals surface area contributed by atoms with Crippen LogP contribution >= 0.6 is 11.3 Å². The molecule has 1 aromatic carbocycles. The van der Waals surface area contributed by atoms with E-state index in [4.69, 9.17) is 4.74 Å². The van der Waals surface area contributed by atoms with Gasteiger partial charge in [-0.1, -0.05) is 23.8 Å². The minimum Gasteiger partial charge on any atom is -0.491 e. The fourth-order valence-electron chi connectivity index (χ4n) is 2.03. The quantitative estimate of drug-likeness (QED) is 0.765. The van der Waals surface area contributed by atoms with Crippen LogP contribution in [0, 0.1) is 13.8 Å². The lowest BCUT2D eigenvalue weighted by Gasteiger charge is -2.10. The number of ether oxygens (including phenoxy) is 1. The van der Waals surface area contributed by atoms with Gasteiger partial charge in [0.25, 0.3) is 5.91 Å². The molecule has 0 radical (unpaired) electrons. The van der Waals surface area contributed by atoms with Crippen molar-refractivity contribution in [2.75, 3.05) is 19.7 Å². The lowest BCUT2D eigenvalue weighted by molar-refractivity contribution is -0.120. The number of amides is 2. The highest BCUT2D eigenvalue weighted by molar-refractivity contribution is 7.12. The van der Waals surface area contributed by atoms with Gasteiger partial charge < -0.3 is 15.4 Å². The van der Waals surface area contributed by atoms with Gasteiger partial charge in [0.05, 0.1) is 18.0 Å². The first-order valence-electron chi connectivity index (χ1n) is 7.34. The molecule has 0 bridgehead atoms. The molecule has 0 aliphatic carbocycles. The Morgan fingerprint density at radius 3 is 2.70 bits per heavy atom. The van der Waals surface area contributed by atoms with Gasteiger partial charge in [0.2, 0.25) is 5.91 Å². The van der Waals surface area contributed by atoms with E-state index in [9.17, 15) is 9.59 Å². The van der Waals surface area contributed by atoms with E-state index in [1.54, 1.807) is 12.1 Å². The van der Waals surface area contributed by atoms with Gasteiger partial charge in [0.1, 0.15) is 12.4 Å². The first-order valence-corrected chi connectivity index (χ1v) is 8.22. The fraction of sp³-hybridized carbons (Fsp3) is 0.294. The Morgan fingerprint density at radius 2 is 2.00 bits per heavy atom. The molecule has 23 heavy (non-hydrogen) atoms. The first-order chi connectivity index (χ1) is 11.1. The Labute approximate surface area is 139 Å². The summed E-state index contributed by atoms with van der Waals surface area (Å²) in [4.78, 5) is 23.9. The van der Waals surface area contributed by atoms with Crippen molar-refractivity contribution < 1.29 is 14.3 Å². The number of carbonyl (C=O) groups is 2. The van der Waals surface area contributed by atoms with Crippen LogP contribution in [-0.2, 0) is 4.79 Å². The number of hydrogen-bond donors (Lipinski definition) is 2. The van der Waals surface area contributed by atoms with Gasteiger partial charge in [0.15, 0.2) is 0 Å². The minimum atomic E-state index is -0.237. The molecule has 1 aromatic heterocycles. The molecule has 0 saturated heterocycles. The molecule has 2 rings (SSSR count). The Balaban J connectivity index is 1.64. The van der Waals surface area contributed by atoms with Gasteiger partial charge in [-0.25, -0.2) is 0 Å². The number of hydrogen-bond acceptors (Lipinski definition) is 4. The number of aryl methyl sites for hydroxylation is 2. The zero-order valence-electron chi connectivity index (χ0n) is 13.2. The van der Waals surface area contributed by atoms with Crippen molar-refractivity contribution >= 4 is 23.2 Å². The number of nitrogens with one attached hydrogen (secondary N) is 2. The maximum Gasteiger partial charge on any atom is 0.261 e. The predicted molar refractivity (Wildman–Crippen MR) is 91.1 cm³/mol. The highest BCUT2D eigenvalue weighted by Gasteiger charge is 2.08. The molecular weight excluding hydrogens is 312 g/mol. The summed E-state index contributed by atoms with van der Waals surface area (Å²) in [7, 11) is 0. The molecule has 1 heterocycles. The predicted octanol–water partition coefficient (Wildman–Crippen LogP) is 2.29. The maximum atomic E-state index is 11.7. The average Bonchev–Trinajstić information content (AvgIpc) is 3.05. The van der Waals surface area contributed by atoms with Crippen molar-refractivity contribution in [1.82, 2.24) is 10.6 Å². The second-order valence-electron chi connectivity index (χ2n) is 5.13. The molecule has 2 aromatic rings. The smallest absolute Gasteiger partial charge is 0.261 e. The third kappa shape index (κ3) is 5.41. The van der Waals surface area contributed by atoms with Gasteiger partial charge in [-0.2, -0.15) is 0 Å². The first kappa shape index (κ1) is 17.0. The molecule has 5 nitrogen and oxygen atoms in total. The van der Waals surface area contributed by atoms with E-state index in [-0.39, 0.29) is 18.4 Å². The standard InChI is InChI=1S/C17H20N2O3S/c1-12-5-6-14(13(2)10-12)22-8-7-18-16(20)11-19-17(21)15-4-3-9-23-15/h3-6,9-10H,7-8,11H2,1-2H3,(H,18,20)(H,19,21). The average molecular weight is 332 g/mol. The van der Waals surface area contributed by atoms with Crippen LogP contribution in [-0.4, -0.2) is 31.5 Å². The second-order valence-corrected chi connectivity index (χ2v) is 6.08. The van der Waals surface area contributed by atoms with Gasteiger partial charge in [-0.15, -0.1) is 11.3 Å². The van der Waals surface area contributed by atoms with E-state index < -0.39 is 0 Å². The summed E-state index contributed by atoms with van der Waals surface area (Å²) in [6.07, 6.45) is 0. The van der Waals surface area contributed by atoms with Crippen LogP contribution in [0.2, 0.25) is 0 Å². The highest BCUT2D eigenvalue weighted by atomic mass is 32.1. The maximum absolute atomic E-state index is 11.7. The van der Waals surface area contributed by atoms with Crippen LogP contribution in [0.4, 0.5) is 0 Å². The Kier molecular flexibility index (Phi) is 6.17. The minimum absolute atomic E-state index is 0.0414.